The van der Waals surface area contributed by atoms with Crippen LogP contribution in [0.4, 0.5) is 0 Å². The first-order valence-electron chi connectivity index (χ1n) is 7.49. The van der Waals surface area contributed by atoms with E-state index in [2.05, 4.69) is 10.2 Å². The highest BCUT2D eigenvalue weighted by molar-refractivity contribution is 5.79. The van der Waals surface area contributed by atoms with Gasteiger partial charge in [-0.25, -0.2) is 0 Å². The van der Waals surface area contributed by atoms with Gasteiger partial charge in [0.1, 0.15) is 5.75 Å². The Morgan fingerprint density at radius 3 is 2.76 bits per heavy atom. The predicted octanol–water partition coefficient (Wildman–Crippen LogP) is 0.601. The topological polar surface area (TPSA) is 44.8 Å². The summed E-state index contributed by atoms with van der Waals surface area (Å²) in [6.45, 7) is 5.92. The van der Waals surface area contributed by atoms with Gasteiger partial charge >= 0.3 is 0 Å². The van der Waals surface area contributed by atoms with Gasteiger partial charge in [-0.1, -0.05) is 18.2 Å². The number of likely N-dealkylation sites (N-methyl/N-ethyl adjacent to an activating group) is 1. The van der Waals surface area contributed by atoms with E-state index in [1.807, 2.05) is 36.2 Å². The normalized spacial score (nSPS) is 15.7. The maximum Gasteiger partial charge on any atom is 0.226 e. The molecule has 1 fully saturated rings. The van der Waals surface area contributed by atoms with Gasteiger partial charge in [-0.2, -0.15) is 0 Å². The van der Waals surface area contributed by atoms with Gasteiger partial charge in [0.15, 0.2) is 0 Å². The lowest BCUT2D eigenvalue weighted by Gasteiger charge is -2.29. The molecule has 1 aliphatic rings. The van der Waals surface area contributed by atoms with Gasteiger partial charge in [-0.3, -0.25) is 9.69 Å². The summed E-state index contributed by atoms with van der Waals surface area (Å²) in [7, 11) is 3.51. The van der Waals surface area contributed by atoms with E-state index in [4.69, 9.17) is 4.74 Å². The molecule has 1 aromatic rings. The number of hydrogen-bond acceptors (Lipinski definition) is 4. The molecule has 21 heavy (non-hydrogen) atoms. The van der Waals surface area contributed by atoms with E-state index < -0.39 is 0 Å². The van der Waals surface area contributed by atoms with Crippen molar-refractivity contribution in [3.05, 3.63) is 29.8 Å². The number of carbonyl (C=O) groups excluding carboxylic acids is 1. The SMILES string of the molecule is COc1ccccc1CC(=O)N(C)CCN1CCNCC1. The highest BCUT2D eigenvalue weighted by Gasteiger charge is 2.15. The second-order valence-electron chi connectivity index (χ2n) is 5.40. The molecule has 0 unspecified atom stereocenters. The Hall–Kier alpha value is -1.59. The molecule has 5 heteroatoms. The number of ether oxygens (including phenoxy) is 1. The van der Waals surface area contributed by atoms with Crippen LogP contribution in [0.5, 0.6) is 5.75 Å². The van der Waals surface area contributed by atoms with E-state index in [0.29, 0.717) is 6.42 Å². The maximum atomic E-state index is 12.3. The van der Waals surface area contributed by atoms with Crippen molar-refractivity contribution in [1.82, 2.24) is 15.1 Å². The van der Waals surface area contributed by atoms with Crippen LogP contribution in [0.1, 0.15) is 5.56 Å². The molecule has 0 bridgehead atoms. The van der Waals surface area contributed by atoms with Crippen molar-refractivity contribution >= 4 is 5.91 Å². The first-order chi connectivity index (χ1) is 10.2. The summed E-state index contributed by atoms with van der Waals surface area (Å²) in [5, 5.41) is 3.33. The first-order valence-corrected chi connectivity index (χ1v) is 7.49. The van der Waals surface area contributed by atoms with E-state index in [-0.39, 0.29) is 5.91 Å². The summed E-state index contributed by atoms with van der Waals surface area (Å²) >= 11 is 0. The third-order valence-corrected chi connectivity index (χ3v) is 3.92. The number of piperazine rings is 1. The second-order valence-corrected chi connectivity index (χ2v) is 5.40. The summed E-state index contributed by atoms with van der Waals surface area (Å²) in [4.78, 5) is 16.5. The Morgan fingerprint density at radius 2 is 2.05 bits per heavy atom. The molecular weight excluding hydrogens is 266 g/mol. The molecule has 0 radical (unpaired) electrons. The Balaban J connectivity index is 1.81. The average molecular weight is 291 g/mol. The Kier molecular flexibility index (Phi) is 6.02. The van der Waals surface area contributed by atoms with Crippen molar-refractivity contribution in [2.75, 3.05) is 53.4 Å². The molecule has 1 N–H and O–H groups in total. The molecule has 0 atom stereocenters. The Labute approximate surface area is 126 Å². The van der Waals surface area contributed by atoms with E-state index in [1.54, 1.807) is 7.11 Å². The molecule has 0 saturated carbocycles. The molecule has 1 amide bonds. The molecule has 0 aliphatic carbocycles. The van der Waals surface area contributed by atoms with E-state index in [9.17, 15) is 4.79 Å². The number of rotatable bonds is 6. The van der Waals surface area contributed by atoms with E-state index in [1.165, 1.54) is 0 Å². The van der Waals surface area contributed by atoms with Crippen molar-refractivity contribution in [2.45, 2.75) is 6.42 Å². The summed E-state index contributed by atoms with van der Waals surface area (Å²) in [5.41, 5.74) is 0.944. The zero-order valence-corrected chi connectivity index (χ0v) is 13.0. The molecule has 1 saturated heterocycles. The minimum absolute atomic E-state index is 0.134. The predicted molar refractivity (Wildman–Crippen MR) is 83.6 cm³/mol. The van der Waals surface area contributed by atoms with Crippen molar-refractivity contribution in [3.8, 4) is 5.75 Å². The van der Waals surface area contributed by atoms with Gasteiger partial charge in [-0.15, -0.1) is 0 Å². The first kappa shape index (κ1) is 15.8. The fraction of sp³-hybridized carbons (Fsp3) is 0.562. The fourth-order valence-electron chi connectivity index (χ4n) is 2.50. The van der Waals surface area contributed by atoms with Gasteiger partial charge in [0.25, 0.3) is 0 Å². The summed E-state index contributed by atoms with van der Waals surface area (Å²) in [6.07, 6.45) is 0.391. The summed E-state index contributed by atoms with van der Waals surface area (Å²) < 4.78 is 5.30. The Morgan fingerprint density at radius 1 is 1.33 bits per heavy atom. The third kappa shape index (κ3) is 4.72. The number of methoxy groups -OCH3 is 1. The largest absolute Gasteiger partial charge is 0.496 e. The van der Waals surface area contributed by atoms with E-state index in [0.717, 1.165) is 50.6 Å². The lowest BCUT2D eigenvalue weighted by molar-refractivity contribution is -0.129. The van der Waals surface area contributed by atoms with Gasteiger partial charge in [0, 0.05) is 51.9 Å². The molecule has 0 aromatic heterocycles. The van der Waals surface area contributed by atoms with Crippen LogP contribution in [-0.4, -0.2) is 69.1 Å². The molecule has 5 nitrogen and oxygen atoms in total. The van der Waals surface area contributed by atoms with Crippen LogP contribution in [0.25, 0.3) is 0 Å². The standard InChI is InChI=1S/C16H25N3O2/c1-18(11-12-19-9-7-17-8-10-19)16(20)13-14-5-3-4-6-15(14)21-2/h3-6,17H,7-13H2,1-2H3. The highest BCUT2D eigenvalue weighted by Crippen LogP contribution is 2.18. The van der Waals surface area contributed by atoms with E-state index >= 15 is 0 Å². The molecule has 1 aliphatic heterocycles. The van der Waals surface area contributed by atoms with Crippen LogP contribution < -0.4 is 10.1 Å². The van der Waals surface area contributed by atoms with Crippen LogP contribution in [0, 0.1) is 0 Å². The van der Waals surface area contributed by atoms with Gasteiger partial charge in [0.05, 0.1) is 13.5 Å². The zero-order chi connectivity index (χ0) is 15.1. The minimum atomic E-state index is 0.134. The van der Waals surface area contributed by atoms with Crippen LogP contribution in [-0.2, 0) is 11.2 Å². The molecule has 1 aromatic carbocycles. The minimum Gasteiger partial charge on any atom is -0.496 e. The third-order valence-electron chi connectivity index (χ3n) is 3.92. The number of carbonyl (C=O) groups is 1. The summed E-state index contributed by atoms with van der Waals surface area (Å²) in [5.74, 6) is 0.913. The number of nitrogens with one attached hydrogen (secondary N) is 1. The number of para-hydroxylation sites is 1. The lowest BCUT2D eigenvalue weighted by Crippen LogP contribution is -2.46. The number of nitrogens with zero attached hydrogens (tertiary/aromatic N) is 2. The highest BCUT2D eigenvalue weighted by atomic mass is 16.5. The van der Waals surface area contributed by atoms with Crippen molar-refractivity contribution in [2.24, 2.45) is 0 Å². The van der Waals surface area contributed by atoms with Crippen LogP contribution in [0.2, 0.25) is 0 Å². The number of benzene rings is 1. The number of amides is 1. The van der Waals surface area contributed by atoms with Gasteiger partial charge in [0.2, 0.25) is 5.91 Å². The quantitative estimate of drug-likeness (QED) is 0.834. The van der Waals surface area contributed by atoms with Crippen molar-refractivity contribution < 1.29 is 9.53 Å². The molecule has 1 heterocycles. The molecule has 116 valence electrons. The summed E-state index contributed by atoms with van der Waals surface area (Å²) in [6, 6.07) is 7.69. The Bertz CT molecular complexity index is 459. The molecule has 0 spiro atoms. The average Bonchev–Trinajstić information content (AvgIpc) is 2.54. The van der Waals surface area contributed by atoms with Gasteiger partial charge < -0.3 is 15.0 Å². The number of hydrogen-bond donors (Lipinski definition) is 1. The van der Waals surface area contributed by atoms with Crippen LogP contribution in [0.3, 0.4) is 0 Å². The maximum absolute atomic E-state index is 12.3. The van der Waals surface area contributed by atoms with Crippen LogP contribution >= 0.6 is 0 Å². The van der Waals surface area contributed by atoms with Crippen LogP contribution in [0.15, 0.2) is 24.3 Å². The molecule has 2 rings (SSSR count). The zero-order valence-electron chi connectivity index (χ0n) is 13.0. The molecular formula is C16H25N3O2. The monoisotopic (exact) mass is 291 g/mol. The van der Waals surface area contributed by atoms with Crippen molar-refractivity contribution in [3.63, 3.8) is 0 Å². The second kappa shape index (κ2) is 8.00. The lowest BCUT2D eigenvalue weighted by atomic mass is 10.1. The van der Waals surface area contributed by atoms with Gasteiger partial charge in [-0.05, 0) is 6.07 Å². The fourth-order valence-corrected chi connectivity index (χ4v) is 2.50. The van der Waals surface area contributed by atoms with Crippen molar-refractivity contribution in [1.29, 1.82) is 0 Å². The smallest absolute Gasteiger partial charge is 0.226 e.